The second kappa shape index (κ2) is 4.92. The van der Waals surface area contributed by atoms with Crippen LogP contribution in [0, 0.1) is 6.92 Å². The van der Waals surface area contributed by atoms with Crippen LogP contribution in [0.5, 0.6) is 5.75 Å². The van der Waals surface area contributed by atoms with Crippen molar-refractivity contribution in [3.8, 4) is 16.9 Å². The fourth-order valence-corrected chi connectivity index (χ4v) is 1.82. The highest BCUT2D eigenvalue weighted by Gasteiger charge is 2.10. The Balaban J connectivity index is 2.53. The lowest BCUT2D eigenvalue weighted by molar-refractivity contribution is 0.0601. The van der Waals surface area contributed by atoms with Crippen molar-refractivity contribution in [2.24, 2.45) is 0 Å². The third-order valence-corrected chi connectivity index (χ3v) is 2.75. The monoisotopic (exact) mass is 242 g/mol. The molecule has 0 atom stereocenters. The van der Waals surface area contributed by atoms with Crippen LogP contribution < -0.4 is 0 Å². The van der Waals surface area contributed by atoms with E-state index in [1.807, 2.05) is 31.2 Å². The molecule has 0 bridgehead atoms. The number of aryl methyl sites for hydroxylation is 1. The summed E-state index contributed by atoms with van der Waals surface area (Å²) in [5.41, 5.74) is 3.02. The maximum absolute atomic E-state index is 11.5. The first-order valence-electron chi connectivity index (χ1n) is 5.60. The van der Waals surface area contributed by atoms with Gasteiger partial charge in [-0.1, -0.05) is 29.8 Å². The smallest absolute Gasteiger partial charge is 0.337 e. The topological polar surface area (TPSA) is 46.5 Å². The minimum absolute atomic E-state index is 0.147. The van der Waals surface area contributed by atoms with Crippen molar-refractivity contribution in [3.63, 3.8) is 0 Å². The van der Waals surface area contributed by atoms with Crippen molar-refractivity contribution < 1.29 is 14.6 Å². The number of ether oxygens (including phenoxy) is 1. The van der Waals surface area contributed by atoms with Crippen molar-refractivity contribution in [2.45, 2.75) is 6.92 Å². The van der Waals surface area contributed by atoms with Gasteiger partial charge in [-0.3, -0.25) is 0 Å². The summed E-state index contributed by atoms with van der Waals surface area (Å²) in [6, 6.07) is 12.4. The predicted octanol–water partition coefficient (Wildman–Crippen LogP) is 3.15. The highest BCUT2D eigenvalue weighted by atomic mass is 16.5. The van der Waals surface area contributed by atoms with Crippen LogP contribution >= 0.6 is 0 Å². The van der Waals surface area contributed by atoms with E-state index in [1.54, 1.807) is 12.1 Å². The molecule has 2 aromatic carbocycles. The van der Waals surface area contributed by atoms with Crippen molar-refractivity contribution in [2.75, 3.05) is 7.11 Å². The maximum Gasteiger partial charge on any atom is 0.337 e. The van der Waals surface area contributed by atoms with E-state index in [0.717, 1.165) is 11.1 Å². The minimum Gasteiger partial charge on any atom is -0.507 e. The van der Waals surface area contributed by atoms with Gasteiger partial charge in [-0.05, 0) is 30.7 Å². The quantitative estimate of drug-likeness (QED) is 0.823. The summed E-state index contributed by atoms with van der Waals surface area (Å²) < 4.78 is 4.67. The van der Waals surface area contributed by atoms with E-state index in [2.05, 4.69) is 4.74 Å². The molecule has 0 aliphatic heterocycles. The standard InChI is InChI=1S/C15H14O3/c1-10-4-3-5-11(8-10)13-9-12(15(17)18-2)6-7-14(13)16/h3-9,16H,1-2H3. The summed E-state index contributed by atoms with van der Waals surface area (Å²) in [4.78, 5) is 11.5. The molecule has 2 aromatic rings. The number of aromatic hydroxyl groups is 1. The van der Waals surface area contributed by atoms with E-state index in [1.165, 1.54) is 13.2 Å². The number of rotatable bonds is 2. The summed E-state index contributed by atoms with van der Waals surface area (Å²) in [5.74, 6) is -0.267. The molecule has 18 heavy (non-hydrogen) atoms. The molecule has 92 valence electrons. The lowest BCUT2D eigenvalue weighted by Gasteiger charge is -2.08. The van der Waals surface area contributed by atoms with Gasteiger partial charge in [0.05, 0.1) is 12.7 Å². The number of carbonyl (C=O) groups excluding carboxylic acids is 1. The molecule has 0 fully saturated rings. The largest absolute Gasteiger partial charge is 0.507 e. The van der Waals surface area contributed by atoms with Gasteiger partial charge in [-0.25, -0.2) is 4.79 Å². The molecule has 1 N–H and O–H groups in total. The van der Waals surface area contributed by atoms with Crippen LogP contribution in [0.15, 0.2) is 42.5 Å². The molecule has 0 radical (unpaired) electrons. The second-order valence-corrected chi connectivity index (χ2v) is 4.09. The summed E-state index contributed by atoms with van der Waals surface area (Å²) in [6.45, 7) is 1.98. The number of hydrogen-bond donors (Lipinski definition) is 1. The minimum atomic E-state index is -0.413. The predicted molar refractivity (Wildman–Crippen MR) is 69.6 cm³/mol. The summed E-state index contributed by atoms with van der Waals surface area (Å²) >= 11 is 0. The molecule has 0 amide bonds. The number of methoxy groups -OCH3 is 1. The first kappa shape index (κ1) is 12.2. The van der Waals surface area contributed by atoms with E-state index in [0.29, 0.717) is 11.1 Å². The Hall–Kier alpha value is -2.29. The lowest BCUT2D eigenvalue weighted by Crippen LogP contribution is -2.01. The van der Waals surface area contributed by atoms with Crippen LogP contribution in [0.1, 0.15) is 15.9 Å². The van der Waals surface area contributed by atoms with E-state index in [9.17, 15) is 9.90 Å². The van der Waals surface area contributed by atoms with Gasteiger partial charge >= 0.3 is 5.97 Å². The number of hydrogen-bond acceptors (Lipinski definition) is 3. The Bertz CT molecular complexity index is 588. The first-order chi connectivity index (χ1) is 8.61. The molecule has 0 aliphatic carbocycles. The summed E-state index contributed by atoms with van der Waals surface area (Å²) in [6.07, 6.45) is 0. The number of esters is 1. The maximum atomic E-state index is 11.5. The van der Waals surface area contributed by atoms with Gasteiger partial charge in [-0.15, -0.1) is 0 Å². The summed E-state index contributed by atoms with van der Waals surface area (Å²) in [5, 5.41) is 9.88. The molecular weight excluding hydrogens is 228 g/mol. The molecule has 0 saturated carbocycles. The van der Waals surface area contributed by atoms with Gasteiger partial charge in [0.15, 0.2) is 0 Å². The Morgan fingerprint density at radius 3 is 2.61 bits per heavy atom. The Labute approximate surface area is 106 Å². The van der Waals surface area contributed by atoms with E-state index in [-0.39, 0.29) is 5.75 Å². The number of phenols is 1. The molecule has 0 saturated heterocycles. The highest BCUT2D eigenvalue weighted by molar-refractivity contribution is 5.91. The normalized spacial score (nSPS) is 10.1. The molecule has 3 heteroatoms. The van der Waals surface area contributed by atoms with Gasteiger partial charge in [0, 0.05) is 5.56 Å². The molecular formula is C15H14O3. The van der Waals surface area contributed by atoms with Crippen LogP contribution in [0.4, 0.5) is 0 Å². The van der Waals surface area contributed by atoms with Crippen molar-refractivity contribution in [3.05, 3.63) is 53.6 Å². The summed E-state index contributed by atoms with van der Waals surface area (Å²) in [7, 11) is 1.33. The Morgan fingerprint density at radius 2 is 1.94 bits per heavy atom. The average molecular weight is 242 g/mol. The molecule has 0 heterocycles. The van der Waals surface area contributed by atoms with Crippen molar-refractivity contribution >= 4 is 5.97 Å². The molecule has 3 nitrogen and oxygen atoms in total. The fourth-order valence-electron chi connectivity index (χ4n) is 1.82. The molecule has 0 unspecified atom stereocenters. The zero-order valence-electron chi connectivity index (χ0n) is 10.3. The molecule has 0 aliphatic rings. The van der Waals surface area contributed by atoms with Gasteiger partial charge < -0.3 is 9.84 Å². The first-order valence-corrected chi connectivity index (χ1v) is 5.60. The molecule has 0 spiro atoms. The Morgan fingerprint density at radius 1 is 1.17 bits per heavy atom. The van der Waals surface area contributed by atoms with Crippen molar-refractivity contribution in [1.82, 2.24) is 0 Å². The second-order valence-electron chi connectivity index (χ2n) is 4.09. The van der Waals surface area contributed by atoms with Gasteiger partial charge in [0.1, 0.15) is 5.75 Å². The van der Waals surface area contributed by atoms with Crippen LogP contribution in [0.2, 0.25) is 0 Å². The van der Waals surface area contributed by atoms with Crippen LogP contribution in [-0.4, -0.2) is 18.2 Å². The van der Waals surface area contributed by atoms with E-state index >= 15 is 0 Å². The zero-order chi connectivity index (χ0) is 13.1. The number of carbonyl (C=O) groups is 1. The fraction of sp³-hybridized carbons (Fsp3) is 0.133. The van der Waals surface area contributed by atoms with Crippen LogP contribution in [0.3, 0.4) is 0 Å². The van der Waals surface area contributed by atoms with Crippen LogP contribution in [0.25, 0.3) is 11.1 Å². The molecule has 0 aromatic heterocycles. The molecule has 2 rings (SSSR count). The average Bonchev–Trinajstić information content (AvgIpc) is 2.38. The van der Waals surface area contributed by atoms with Gasteiger partial charge in [-0.2, -0.15) is 0 Å². The highest BCUT2D eigenvalue weighted by Crippen LogP contribution is 2.30. The van der Waals surface area contributed by atoms with Gasteiger partial charge in [0.25, 0.3) is 0 Å². The lowest BCUT2D eigenvalue weighted by atomic mass is 10.0. The number of phenolic OH excluding ortho intramolecular Hbond substituents is 1. The number of benzene rings is 2. The SMILES string of the molecule is COC(=O)c1ccc(O)c(-c2cccc(C)c2)c1. The van der Waals surface area contributed by atoms with Gasteiger partial charge in [0.2, 0.25) is 0 Å². The van der Waals surface area contributed by atoms with E-state index < -0.39 is 5.97 Å². The van der Waals surface area contributed by atoms with Crippen LogP contribution in [-0.2, 0) is 4.74 Å². The third-order valence-electron chi connectivity index (χ3n) is 2.75. The van der Waals surface area contributed by atoms with Crippen molar-refractivity contribution in [1.29, 1.82) is 0 Å². The third kappa shape index (κ3) is 2.35. The van der Waals surface area contributed by atoms with E-state index in [4.69, 9.17) is 0 Å². The zero-order valence-corrected chi connectivity index (χ0v) is 10.3. The Kier molecular flexibility index (Phi) is 3.33.